The van der Waals surface area contributed by atoms with Gasteiger partial charge in [-0.2, -0.15) is 0 Å². The number of benzene rings is 1. The van der Waals surface area contributed by atoms with E-state index in [0.717, 1.165) is 0 Å². The smallest absolute Gasteiger partial charge is 0.326 e. The van der Waals surface area contributed by atoms with Gasteiger partial charge in [-0.3, -0.25) is 4.79 Å². The van der Waals surface area contributed by atoms with E-state index in [1.165, 1.54) is 0 Å². The molecule has 4 N–H and O–H groups in total. The highest BCUT2D eigenvalue weighted by atomic mass is 35.5. The van der Waals surface area contributed by atoms with Crippen LogP contribution in [-0.2, 0) is 16.1 Å². The first-order valence-electron chi connectivity index (χ1n) is 6.12. The summed E-state index contributed by atoms with van der Waals surface area (Å²) in [5.41, 5.74) is 0.687. The average molecular weight is 315 g/mol. The second-order valence-electron chi connectivity index (χ2n) is 4.24. The molecule has 0 saturated heterocycles. The van der Waals surface area contributed by atoms with Crippen molar-refractivity contribution in [3.63, 3.8) is 0 Å². The number of carboxylic acids is 2. The van der Waals surface area contributed by atoms with E-state index in [1.54, 1.807) is 24.3 Å². The molecule has 0 aliphatic heterocycles. The second-order valence-corrected chi connectivity index (χ2v) is 4.65. The summed E-state index contributed by atoms with van der Waals surface area (Å²) in [4.78, 5) is 33.0. The lowest BCUT2D eigenvalue weighted by molar-refractivity contribution is -0.140. The molecular formula is C13H15ClN2O5. The predicted octanol–water partition coefficient (Wildman–Crippen LogP) is 1.46. The van der Waals surface area contributed by atoms with E-state index in [9.17, 15) is 14.4 Å². The van der Waals surface area contributed by atoms with Crippen LogP contribution in [0.4, 0.5) is 4.79 Å². The Hall–Kier alpha value is -2.28. The quantitative estimate of drug-likeness (QED) is 0.608. The van der Waals surface area contributed by atoms with Crippen molar-refractivity contribution in [2.45, 2.75) is 25.4 Å². The van der Waals surface area contributed by atoms with Gasteiger partial charge in [-0.05, 0) is 18.1 Å². The van der Waals surface area contributed by atoms with Crippen LogP contribution in [0.2, 0.25) is 5.02 Å². The molecule has 7 nitrogen and oxygen atoms in total. The number of amides is 2. The summed E-state index contributed by atoms with van der Waals surface area (Å²) in [5.74, 6) is -2.41. The van der Waals surface area contributed by atoms with Crippen LogP contribution in [0.3, 0.4) is 0 Å². The second kappa shape index (κ2) is 8.11. The van der Waals surface area contributed by atoms with Gasteiger partial charge in [0.1, 0.15) is 6.04 Å². The Morgan fingerprint density at radius 3 is 2.43 bits per heavy atom. The van der Waals surface area contributed by atoms with E-state index >= 15 is 0 Å². The number of halogens is 1. The summed E-state index contributed by atoms with van der Waals surface area (Å²) >= 11 is 5.92. The van der Waals surface area contributed by atoms with Gasteiger partial charge in [0.05, 0.1) is 0 Å². The Labute approximate surface area is 125 Å². The van der Waals surface area contributed by atoms with Crippen molar-refractivity contribution in [3.8, 4) is 0 Å². The maximum atomic E-state index is 11.6. The van der Waals surface area contributed by atoms with E-state index in [0.29, 0.717) is 10.6 Å². The maximum absolute atomic E-state index is 11.6. The third-order valence-electron chi connectivity index (χ3n) is 2.65. The molecule has 1 unspecified atom stereocenters. The molecule has 0 aliphatic rings. The van der Waals surface area contributed by atoms with Gasteiger partial charge in [0.2, 0.25) is 0 Å². The standard InChI is InChI=1S/C13H15ClN2O5/c14-9-4-2-1-3-8(9)7-15-13(21)16-10(12(19)20)5-6-11(17)18/h1-4,10H,5-7H2,(H,17,18)(H,19,20)(H2,15,16,21). The van der Waals surface area contributed by atoms with E-state index < -0.39 is 24.0 Å². The zero-order chi connectivity index (χ0) is 15.8. The first kappa shape index (κ1) is 16.8. The highest BCUT2D eigenvalue weighted by molar-refractivity contribution is 6.31. The van der Waals surface area contributed by atoms with E-state index in [-0.39, 0.29) is 19.4 Å². The topological polar surface area (TPSA) is 116 Å². The van der Waals surface area contributed by atoms with Gasteiger partial charge in [0, 0.05) is 18.0 Å². The average Bonchev–Trinajstić information content (AvgIpc) is 2.42. The molecule has 0 aromatic heterocycles. The van der Waals surface area contributed by atoms with Crippen LogP contribution in [0, 0.1) is 0 Å². The summed E-state index contributed by atoms with van der Waals surface area (Å²) in [6.45, 7) is 0.136. The SMILES string of the molecule is O=C(O)CCC(NC(=O)NCc1ccccc1Cl)C(=O)O. The fourth-order valence-electron chi connectivity index (χ4n) is 1.55. The van der Waals surface area contributed by atoms with Crippen molar-refractivity contribution in [3.05, 3.63) is 34.9 Å². The fourth-order valence-corrected chi connectivity index (χ4v) is 1.75. The van der Waals surface area contributed by atoms with Crippen LogP contribution in [-0.4, -0.2) is 34.2 Å². The van der Waals surface area contributed by atoms with Crippen molar-refractivity contribution in [2.75, 3.05) is 0 Å². The summed E-state index contributed by atoms with van der Waals surface area (Å²) < 4.78 is 0. The molecule has 0 aliphatic carbocycles. The summed E-state index contributed by atoms with van der Waals surface area (Å²) in [6.07, 6.45) is -0.536. The van der Waals surface area contributed by atoms with Gasteiger partial charge in [-0.15, -0.1) is 0 Å². The van der Waals surface area contributed by atoms with Crippen molar-refractivity contribution in [1.82, 2.24) is 10.6 Å². The molecule has 0 fully saturated rings. The molecule has 0 bridgehead atoms. The van der Waals surface area contributed by atoms with Crippen molar-refractivity contribution in [1.29, 1.82) is 0 Å². The number of hydrogen-bond acceptors (Lipinski definition) is 3. The Morgan fingerprint density at radius 1 is 1.19 bits per heavy atom. The van der Waals surface area contributed by atoms with Crippen molar-refractivity contribution in [2.24, 2.45) is 0 Å². The van der Waals surface area contributed by atoms with Crippen molar-refractivity contribution >= 4 is 29.6 Å². The number of aliphatic carboxylic acids is 2. The van der Waals surface area contributed by atoms with E-state index in [1.807, 2.05) is 0 Å². The first-order chi connectivity index (χ1) is 9.90. The minimum absolute atomic E-state index is 0.136. The minimum Gasteiger partial charge on any atom is -0.481 e. The lowest BCUT2D eigenvalue weighted by Crippen LogP contribution is -2.46. The lowest BCUT2D eigenvalue weighted by Gasteiger charge is -2.14. The molecule has 1 rings (SSSR count). The number of rotatable bonds is 7. The third kappa shape index (κ3) is 6.13. The van der Waals surface area contributed by atoms with E-state index in [4.69, 9.17) is 21.8 Å². The molecule has 1 aromatic rings. The van der Waals surface area contributed by atoms with Crippen LogP contribution in [0.1, 0.15) is 18.4 Å². The van der Waals surface area contributed by atoms with Crippen molar-refractivity contribution < 1.29 is 24.6 Å². The Kier molecular flexibility index (Phi) is 6.48. The Balaban J connectivity index is 2.49. The minimum atomic E-state index is -1.29. The monoisotopic (exact) mass is 314 g/mol. The van der Waals surface area contributed by atoms with Gasteiger partial charge in [-0.1, -0.05) is 29.8 Å². The number of carbonyl (C=O) groups excluding carboxylic acids is 1. The number of urea groups is 1. The number of carboxylic acid groups (broad SMARTS) is 2. The van der Waals surface area contributed by atoms with Gasteiger partial charge >= 0.3 is 18.0 Å². The summed E-state index contributed by atoms with van der Waals surface area (Å²) in [5, 5.41) is 22.6. The largest absolute Gasteiger partial charge is 0.481 e. The lowest BCUT2D eigenvalue weighted by atomic mass is 10.1. The zero-order valence-corrected chi connectivity index (χ0v) is 11.8. The summed E-state index contributed by atoms with van der Waals surface area (Å²) in [7, 11) is 0. The van der Waals surface area contributed by atoms with Crippen LogP contribution < -0.4 is 10.6 Å². The molecule has 8 heteroatoms. The van der Waals surface area contributed by atoms with Gasteiger partial charge in [0.15, 0.2) is 0 Å². The Bertz CT molecular complexity index is 535. The molecule has 0 spiro atoms. The Morgan fingerprint density at radius 2 is 1.86 bits per heavy atom. The fraction of sp³-hybridized carbons (Fsp3) is 0.308. The molecule has 1 atom stereocenters. The zero-order valence-electron chi connectivity index (χ0n) is 11.0. The van der Waals surface area contributed by atoms with E-state index in [2.05, 4.69) is 10.6 Å². The molecule has 0 heterocycles. The van der Waals surface area contributed by atoms with Gasteiger partial charge in [-0.25, -0.2) is 9.59 Å². The maximum Gasteiger partial charge on any atom is 0.326 e. The molecule has 1 aromatic carbocycles. The first-order valence-corrected chi connectivity index (χ1v) is 6.50. The highest BCUT2D eigenvalue weighted by Crippen LogP contribution is 2.14. The molecule has 21 heavy (non-hydrogen) atoms. The normalized spacial score (nSPS) is 11.5. The molecule has 0 radical (unpaired) electrons. The predicted molar refractivity (Wildman–Crippen MR) is 75.1 cm³/mol. The number of hydrogen-bond donors (Lipinski definition) is 4. The van der Waals surface area contributed by atoms with Gasteiger partial charge < -0.3 is 20.8 Å². The van der Waals surface area contributed by atoms with Crippen LogP contribution in [0.15, 0.2) is 24.3 Å². The molecule has 2 amide bonds. The van der Waals surface area contributed by atoms with Crippen LogP contribution in [0.25, 0.3) is 0 Å². The molecule has 114 valence electrons. The van der Waals surface area contributed by atoms with Crippen LogP contribution in [0.5, 0.6) is 0 Å². The molecular weight excluding hydrogens is 300 g/mol. The number of nitrogens with one attached hydrogen (secondary N) is 2. The van der Waals surface area contributed by atoms with Gasteiger partial charge in [0.25, 0.3) is 0 Å². The third-order valence-corrected chi connectivity index (χ3v) is 3.02. The summed E-state index contributed by atoms with van der Waals surface area (Å²) in [6, 6.07) is 4.94. The highest BCUT2D eigenvalue weighted by Gasteiger charge is 2.20. The van der Waals surface area contributed by atoms with Crippen LogP contribution >= 0.6 is 11.6 Å². The molecule has 0 saturated carbocycles. The number of carbonyl (C=O) groups is 3.